The molecular formula is C12H14N2O5S. The Balaban J connectivity index is 2.90. The summed E-state index contributed by atoms with van der Waals surface area (Å²) >= 11 is 0. The summed E-state index contributed by atoms with van der Waals surface area (Å²) in [4.78, 5) is 11.2. The summed E-state index contributed by atoms with van der Waals surface area (Å²) in [6.45, 7) is -0.716. The Morgan fingerprint density at radius 3 is 2.70 bits per heavy atom. The second kappa shape index (κ2) is 7.00. The van der Waals surface area contributed by atoms with Crippen LogP contribution in [0, 0.1) is 11.3 Å². The van der Waals surface area contributed by atoms with Crippen molar-refractivity contribution in [3.63, 3.8) is 0 Å². The van der Waals surface area contributed by atoms with Gasteiger partial charge in [-0.1, -0.05) is 18.2 Å². The van der Waals surface area contributed by atoms with E-state index < -0.39 is 34.4 Å². The van der Waals surface area contributed by atoms with Gasteiger partial charge in [0.05, 0.1) is 31.1 Å². The molecule has 20 heavy (non-hydrogen) atoms. The normalized spacial score (nSPS) is 12.4. The average Bonchev–Trinajstić information content (AvgIpc) is 2.44. The molecule has 0 fully saturated rings. The molecule has 0 heterocycles. The number of methoxy groups -OCH3 is 1. The topological polar surface area (TPSA) is 116 Å². The number of rotatable bonds is 6. The zero-order valence-electron chi connectivity index (χ0n) is 10.7. The summed E-state index contributed by atoms with van der Waals surface area (Å²) in [6.07, 6.45) is 0. The maximum Gasteiger partial charge on any atom is 0.326 e. The van der Waals surface area contributed by atoms with Crippen LogP contribution in [0.15, 0.2) is 24.3 Å². The van der Waals surface area contributed by atoms with Crippen molar-refractivity contribution in [2.24, 2.45) is 0 Å². The summed E-state index contributed by atoms with van der Waals surface area (Å²) in [7, 11) is -2.81. The van der Waals surface area contributed by atoms with Crippen molar-refractivity contribution in [2.75, 3.05) is 13.7 Å². The van der Waals surface area contributed by atoms with Crippen molar-refractivity contribution in [1.82, 2.24) is 4.72 Å². The van der Waals surface area contributed by atoms with Crippen LogP contribution >= 0.6 is 0 Å². The van der Waals surface area contributed by atoms with E-state index in [0.717, 1.165) is 7.11 Å². The zero-order valence-corrected chi connectivity index (χ0v) is 11.6. The van der Waals surface area contributed by atoms with Gasteiger partial charge in [0.2, 0.25) is 10.0 Å². The molecule has 0 aliphatic heterocycles. The lowest BCUT2D eigenvalue weighted by Crippen LogP contribution is -2.44. The molecule has 0 saturated heterocycles. The first-order valence-electron chi connectivity index (χ1n) is 5.60. The Hall–Kier alpha value is -1.95. The first-order valence-corrected chi connectivity index (χ1v) is 7.25. The summed E-state index contributed by atoms with van der Waals surface area (Å²) in [5.74, 6) is -1.35. The maximum absolute atomic E-state index is 11.9. The van der Waals surface area contributed by atoms with Crippen molar-refractivity contribution in [3.8, 4) is 6.07 Å². The van der Waals surface area contributed by atoms with Crippen LogP contribution in [0.1, 0.15) is 11.1 Å². The van der Waals surface area contributed by atoms with Crippen molar-refractivity contribution in [1.29, 1.82) is 5.26 Å². The van der Waals surface area contributed by atoms with Gasteiger partial charge in [-0.2, -0.15) is 9.98 Å². The minimum atomic E-state index is -3.90. The number of aliphatic hydroxyl groups excluding tert-OH is 1. The second-order valence-corrected chi connectivity index (χ2v) is 5.66. The van der Waals surface area contributed by atoms with E-state index in [2.05, 4.69) is 4.74 Å². The molecule has 0 radical (unpaired) electrons. The summed E-state index contributed by atoms with van der Waals surface area (Å²) < 4.78 is 30.2. The molecule has 0 bridgehead atoms. The fraction of sp³-hybridized carbons (Fsp3) is 0.333. The van der Waals surface area contributed by atoms with Gasteiger partial charge in [0.1, 0.15) is 6.04 Å². The molecule has 0 spiro atoms. The summed E-state index contributed by atoms with van der Waals surface area (Å²) in [6, 6.07) is 6.75. The third kappa shape index (κ3) is 4.31. The van der Waals surface area contributed by atoms with Gasteiger partial charge in [0.15, 0.2) is 0 Å². The number of nitrogens with zero attached hydrogens (tertiary/aromatic N) is 1. The molecule has 8 heteroatoms. The molecule has 1 aromatic carbocycles. The van der Waals surface area contributed by atoms with E-state index in [-0.39, 0.29) is 5.56 Å². The molecule has 1 rings (SSSR count). The first-order chi connectivity index (χ1) is 9.43. The van der Waals surface area contributed by atoms with Crippen LogP contribution in [-0.2, 0) is 25.3 Å². The van der Waals surface area contributed by atoms with Crippen molar-refractivity contribution in [2.45, 2.75) is 11.8 Å². The predicted octanol–water partition coefficient (Wildman–Crippen LogP) is -0.488. The number of esters is 1. The zero-order chi connectivity index (χ0) is 15.2. The Labute approximate surface area is 116 Å². The van der Waals surface area contributed by atoms with Gasteiger partial charge >= 0.3 is 5.97 Å². The molecule has 0 aliphatic rings. The fourth-order valence-corrected chi connectivity index (χ4v) is 2.87. The maximum atomic E-state index is 11.9. The van der Waals surface area contributed by atoms with Gasteiger partial charge in [-0.15, -0.1) is 0 Å². The van der Waals surface area contributed by atoms with Crippen LogP contribution in [0.3, 0.4) is 0 Å². The van der Waals surface area contributed by atoms with E-state index in [4.69, 9.17) is 10.4 Å². The number of sulfonamides is 1. The average molecular weight is 298 g/mol. The number of ether oxygens (including phenoxy) is 1. The highest BCUT2D eigenvalue weighted by Gasteiger charge is 2.25. The van der Waals surface area contributed by atoms with E-state index >= 15 is 0 Å². The molecule has 0 aromatic heterocycles. The molecule has 0 amide bonds. The molecule has 108 valence electrons. The summed E-state index contributed by atoms with van der Waals surface area (Å²) in [5.41, 5.74) is 0.542. The third-order valence-electron chi connectivity index (χ3n) is 2.47. The molecule has 1 unspecified atom stereocenters. The van der Waals surface area contributed by atoms with Crippen molar-refractivity contribution in [3.05, 3.63) is 35.4 Å². The Morgan fingerprint density at radius 1 is 1.50 bits per heavy atom. The monoisotopic (exact) mass is 298 g/mol. The number of hydrogen-bond acceptors (Lipinski definition) is 6. The molecule has 2 N–H and O–H groups in total. The SMILES string of the molecule is COC(=O)C(CO)NS(=O)(=O)Cc1ccccc1C#N. The minimum absolute atomic E-state index is 0.233. The van der Waals surface area contributed by atoms with Crippen LogP contribution in [0.5, 0.6) is 0 Å². The largest absolute Gasteiger partial charge is 0.468 e. The van der Waals surface area contributed by atoms with Gasteiger partial charge < -0.3 is 9.84 Å². The highest BCUT2D eigenvalue weighted by atomic mass is 32.2. The molecular weight excluding hydrogens is 284 g/mol. The standard InChI is InChI=1S/C12H14N2O5S/c1-19-12(16)11(7-15)14-20(17,18)8-10-5-3-2-4-9(10)6-13/h2-5,11,14-15H,7-8H2,1H3. The Morgan fingerprint density at radius 2 is 2.15 bits per heavy atom. The van der Waals surface area contributed by atoms with E-state index in [0.29, 0.717) is 5.56 Å². The highest BCUT2D eigenvalue weighted by Crippen LogP contribution is 2.11. The van der Waals surface area contributed by atoms with Crippen LogP contribution < -0.4 is 4.72 Å². The van der Waals surface area contributed by atoms with Crippen LogP contribution in [0.25, 0.3) is 0 Å². The molecule has 1 aromatic rings. The number of benzene rings is 1. The third-order valence-corrected chi connectivity index (χ3v) is 3.81. The predicted molar refractivity (Wildman–Crippen MR) is 69.8 cm³/mol. The molecule has 1 atom stereocenters. The van der Waals surface area contributed by atoms with Crippen LogP contribution in [-0.4, -0.2) is 39.3 Å². The van der Waals surface area contributed by atoms with E-state index in [9.17, 15) is 13.2 Å². The molecule has 0 aliphatic carbocycles. The number of nitriles is 1. The number of aliphatic hydroxyl groups is 1. The van der Waals surface area contributed by atoms with Crippen LogP contribution in [0.2, 0.25) is 0 Å². The number of hydrogen-bond donors (Lipinski definition) is 2. The van der Waals surface area contributed by atoms with Gasteiger partial charge in [-0.05, 0) is 11.6 Å². The lowest BCUT2D eigenvalue weighted by molar-refractivity contribution is -0.143. The quantitative estimate of drug-likeness (QED) is 0.685. The highest BCUT2D eigenvalue weighted by molar-refractivity contribution is 7.88. The number of carbonyl (C=O) groups is 1. The van der Waals surface area contributed by atoms with E-state index in [1.807, 2.05) is 10.8 Å². The second-order valence-electron chi connectivity index (χ2n) is 3.90. The number of nitrogens with one attached hydrogen (secondary N) is 1. The van der Waals surface area contributed by atoms with Gasteiger partial charge in [0.25, 0.3) is 0 Å². The minimum Gasteiger partial charge on any atom is -0.468 e. The Bertz CT molecular complexity index is 621. The van der Waals surface area contributed by atoms with Crippen LogP contribution in [0.4, 0.5) is 0 Å². The Kier molecular flexibility index (Phi) is 5.64. The smallest absolute Gasteiger partial charge is 0.326 e. The lowest BCUT2D eigenvalue weighted by Gasteiger charge is -2.14. The molecule has 0 saturated carbocycles. The van der Waals surface area contributed by atoms with Crippen molar-refractivity contribution < 1.29 is 23.1 Å². The number of carbonyl (C=O) groups excluding carboxylic acids is 1. The molecule has 7 nitrogen and oxygen atoms in total. The van der Waals surface area contributed by atoms with E-state index in [1.54, 1.807) is 12.1 Å². The lowest BCUT2D eigenvalue weighted by atomic mass is 10.1. The fourth-order valence-electron chi connectivity index (χ4n) is 1.52. The van der Waals surface area contributed by atoms with Crippen molar-refractivity contribution >= 4 is 16.0 Å². The first kappa shape index (κ1) is 16.1. The van der Waals surface area contributed by atoms with Gasteiger partial charge in [-0.25, -0.2) is 8.42 Å². The summed E-state index contributed by atoms with van der Waals surface area (Å²) in [5, 5.41) is 17.9. The van der Waals surface area contributed by atoms with Gasteiger partial charge in [-0.3, -0.25) is 4.79 Å². The van der Waals surface area contributed by atoms with Gasteiger partial charge in [0, 0.05) is 0 Å². The van der Waals surface area contributed by atoms with E-state index in [1.165, 1.54) is 12.1 Å².